The van der Waals surface area contributed by atoms with Crippen LogP contribution in [0.15, 0.2) is 41.2 Å². The number of carbonyl (C=O) groups is 1. The number of nitrogens with zero attached hydrogens (tertiary/aromatic N) is 3. The van der Waals surface area contributed by atoms with E-state index >= 15 is 0 Å². The van der Waals surface area contributed by atoms with E-state index in [9.17, 15) is 14.0 Å². The summed E-state index contributed by atoms with van der Waals surface area (Å²) in [6.07, 6.45) is 3.90. The molecule has 25 heavy (non-hydrogen) atoms. The van der Waals surface area contributed by atoms with Crippen LogP contribution in [0.1, 0.15) is 35.3 Å². The van der Waals surface area contributed by atoms with E-state index in [0.717, 1.165) is 37.8 Å². The van der Waals surface area contributed by atoms with E-state index in [1.165, 1.54) is 28.9 Å². The Balaban J connectivity index is 1.60. The van der Waals surface area contributed by atoms with Crippen LogP contribution in [0.3, 0.4) is 0 Å². The highest BCUT2D eigenvalue weighted by Crippen LogP contribution is 2.22. The smallest absolute Gasteiger partial charge is 0.274 e. The van der Waals surface area contributed by atoms with Gasteiger partial charge in [-0.3, -0.25) is 9.59 Å². The second-order valence-corrected chi connectivity index (χ2v) is 6.60. The topological polar surface area (TPSA) is 55.2 Å². The SMILES string of the molecule is Cn1nc(C(=O)N2CCCC(CCc3ccc(F)cc3)C2)ccc1=O. The fourth-order valence-electron chi connectivity index (χ4n) is 3.29. The molecule has 6 heteroatoms. The van der Waals surface area contributed by atoms with Crippen molar-refractivity contribution in [2.75, 3.05) is 13.1 Å². The molecule has 2 heterocycles. The molecule has 0 bridgehead atoms. The summed E-state index contributed by atoms with van der Waals surface area (Å²) >= 11 is 0. The van der Waals surface area contributed by atoms with Crippen LogP contribution in [0.5, 0.6) is 0 Å². The number of hydrogen-bond acceptors (Lipinski definition) is 3. The summed E-state index contributed by atoms with van der Waals surface area (Å²) in [5.41, 5.74) is 1.19. The highest BCUT2D eigenvalue weighted by atomic mass is 19.1. The average molecular weight is 343 g/mol. The molecule has 1 unspecified atom stereocenters. The summed E-state index contributed by atoms with van der Waals surface area (Å²) in [6.45, 7) is 1.42. The third kappa shape index (κ3) is 4.32. The third-order valence-electron chi connectivity index (χ3n) is 4.74. The Morgan fingerprint density at radius 3 is 2.72 bits per heavy atom. The Bertz CT molecular complexity index is 801. The standard InChI is InChI=1S/C19H22FN3O2/c1-22-18(24)11-10-17(21-22)19(25)23-12-2-3-15(13-23)5-4-14-6-8-16(20)9-7-14/h6-11,15H,2-5,12-13H2,1H3. The van der Waals surface area contributed by atoms with Gasteiger partial charge in [0.15, 0.2) is 0 Å². The van der Waals surface area contributed by atoms with Gasteiger partial charge in [-0.25, -0.2) is 9.07 Å². The lowest BCUT2D eigenvalue weighted by Crippen LogP contribution is -2.41. The fourth-order valence-corrected chi connectivity index (χ4v) is 3.29. The molecule has 0 spiro atoms. The molecular formula is C19H22FN3O2. The van der Waals surface area contributed by atoms with Crippen molar-refractivity contribution < 1.29 is 9.18 Å². The van der Waals surface area contributed by atoms with Gasteiger partial charge >= 0.3 is 0 Å². The monoisotopic (exact) mass is 343 g/mol. The van der Waals surface area contributed by atoms with Crippen LogP contribution in [0.25, 0.3) is 0 Å². The number of carbonyl (C=O) groups excluding carboxylic acids is 1. The number of likely N-dealkylation sites (tertiary alicyclic amines) is 1. The number of halogens is 1. The predicted octanol–water partition coefficient (Wildman–Crippen LogP) is 2.40. The predicted molar refractivity (Wildman–Crippen MR) is 92.8 cm³/mol. The van der Waals surface area contributed by atoms with Gasteiger partial charge in [0.25, 0.3) is 11.5 Å². The first-order valence-corrected chi connectivity index (χ1v) is 8.61. The second-order valence-electron chi connectivity index (χ2n) is 6.60. The summed E-state index contributed by atoms with van der Waals surface area (Å²) in [6, 6.07) is 9.46. The molecule has 1 atom stereocenters. The zero-order valence-electron chi connectivity index (χ0n) is 14.3. The lowest BCUT2D eigenvalue weighted by atomic mass is 9.91. The molecule has 132 valence electrons. The van der Waals surface area contributed by atoms with Crippen LogP contribution >= 0.6 is 0 Å². The molecule has 0 aliphatic carbocycles. The van der Waals surface area contributed by atoms with Crippen LogP contribution in [-0.4, -0.2) is 33.7 Å². The van der Waals surface area contributed by atoms with Crippen molar-refractivity contribution in [3.63, 3.8) is 0 Å². The van der Waals surface area contributed by atoms with Gasteiger partial charge in [-0.15, -0.1) is 0 Å². The van der Waals surface area contributed by atoms with Crippen molar-refractivity contribution in [2.24, 2.45) is 13.0 Å². The van der Waals surface area contributed by atoms with Gasteiger partial charge in [0, 0.05) is 26.2 Å². The van der Waals surface area contributed by atoms with E-state index in [-0.39, 0.29) is 17.3 Å². The van der Waals surface area contributed by atoms with Gasteiger partial charge in [-0.1, -0.05) is 12.1 Å². The molecule has 2 aromatic rings. The van der Waals surface area contributed by atoms with Gasteiger partial charge < -0.3 is 4.90 Å². The average Bonchev–Trinajstić information content (AvgIpc) is 2.63. The maximum absolute atomic E-state index is 13.0. The molecule has 1 aromatic carbocycles. The van der Waals surface area contributed by atoms with Crippen LogP contribution in [0, 0.1) is 11.7 Å². The molecule has 0 saturated carbocycles. The lowest BCUT2D eigenvalue weighted by Gasteiger charge is -2.32. The Morgan fingerprint density at radius 2 is 2.00 bits per heavy atom. The third-order valence-corrected chi connectivity index (χ3v) is 4.74. The molecule has 1 amide bonds. The Hall–Kier alpha value is -2.50. The van der Waals surface area contributed by atoms with Crippen molar-refractivity contribution in [1.29, 1.82) is 0 Å². The quantitative estimate of drug-likeness (QED) is 0.857. The number of rotatable bonds is 4. The van der Waals surface area contributed by atoms with E-state index in [1.807, 2.05) is 17.0 Å². The van der Waals surface area contributed by atoms with Gasteiger partial charge in [0.2, 0.25) is 0 Å². The van der Waals surface area contributed by atoms with Crippen molar-refractivity contribution in [3.8, 4) is 0 Å². The Labute approximate surface area is 146 Å². The van der Waals surface area contributed by atoms with Gasteiger partial charge in [-0.05, 0) is 55.4 Å². The van der Waals surface area contributed by atoms with E-state index in [4.69, 9.17) is 0 Å². The summed E-state index contributed by atoms with van der Waals surface area (Å²) in [4.78, 5) is 25.9. The van der Waals surface area contributed by atoms with Crippen LogP contribution in [0.4, 0.5) is 4.39 Å². The fraction of sp³-hybridized carbons (Fsp3) is 0.421. The minimum Gasteiger partial charge on any atom is -0.337 e. The largest absolute Gasteiger partial charge is 0.337 e. The van der Waals surface area contributed by atoms with Gasteiger partial charge in [-0.2, -0.15) is 5.10 Å². The molecule has 1 aromatic heterocycles. The van der Waals surface area contributed by atoms with Crippen molar-refractivity contribution >= 4 is 5.91 Å². The van der Waals surface area contributed by atoms with Gasteiger partial charge in [0.05, 0.1) is 0 Å². The Morgan fingerprint density at radius 1 is 1.24 bits per heavy atom. The number of benzene rings is 1. The first-order chi connectivity index (χ1) is 12.0. The van der Waals surface area contributed by atoms with Crippen molar-refractivity contribution in [2.45, 2.75) is 25.7 Å². The first-order valence-electron chi connectivity index (χ1n) is 8.61. The number of aromatic nitrogens is 2. The summed E-state index contributed by atoms with van der Waals surface area (Å²) in [5.74, 6) is 0.0836. The molecule has 0 radical (unpaired) electrons. The minimum atomic E-state index is -0.229. The zero-order valence-corrected chi connectivity index (χ0v) is 14.3. The molecular weight excluding hydrogens is 321 g/mol. The molecule has 1 fully saturated rings. The van der Waals surface area contributed by atoms with Crippen molar-refractivity contribution in [3.05, 3.63) is 63.8 Å². The highest BCUT2D eigenvalue weighted by Gasteiger charge is 2.25. The van der Waals surface area contributed by atoms with E-state index < -0.39 is 0 Å². The first kappa shape index (κ1) is 17.3. The minimum absolute atomic E-state index is 0.123. The number of amides is 1. The van der Waals surface area contributed by atoms with E-state index in [0.29, 0.717) is 18.2 Å². The second kappa shape index (κ2) is 7.59. The zero-order chi connectivity index (χ0) is 17.8. The van der Waals surface area contributed by atoms with Crippen LogP contribution in [-0.2, 0) is 13.5 Å². The lowest BCUT2D eigenvalue weighted by molar-refractivity contribution is 0.0659. The summed E-state index contributed by atoms with van der Waals surface area (Å²) in [5, 5.41) is 4.05. The number of aryl methyl sites for hydroxylation is 2. The van der Waals surface area contributed by atoms with Crippen LogP contribution in [0.2, 0.25) is 0 Å². The van der Waals surface area contributed by atoms with E-state index in [1.54, 1.807) is 7.05 Å². The molecule has 5 nitrogen and oxygen atoms in total. The maximum Gasteiger partial charge on any atom is 0.274 e. The molecule has 1 aliphatic rings. The molecule has 0 N–H and O–H groups in total. The van der Waals surface area contributed by atoms with E-state index in [2.05, 4.69) is 5.10 Å². The van der Waals surface area contributed by atoms with Gasteiger partial charge in [0.1, 0.15) is 11.5 Å². The summed E-state index contributed by atoms with van der Waals surface area (Å²) < 4.78 is 14.1. The molecule has 1 saturated heterocycles. The number of piperidine rings is 1. The molecule has 1 aliphatic heterocycles. The number of hydrogen-bond donors (Lipinski definition) is 0. The Kier molecular flexibility index (Phi) is 5.26. The van der Waals surface area contributed by atoms with Crippen LogP contribution < -0.4 is 5.56 Å². The highest BCUT2D eigenvalue weighted by molar-refractivity contribution is 5.92. The molecule has 3 rings (SSSR count). The maximum atomic E-state index is 13.0. The normalized spacial score (nSPS) is 17.5. The van der Waals surface area contributed by atoms with Crippen molar-refractivity contribution in [1.82, 2.24) is 14.7 Å². The summed E-state index contributed by atoms with van der Waals surface area (Å²) in [7, 11) is 1.54.